The van der Waals surface area contributed by atoms with Crippen molar-refractivity contribution in [1.82, 2.24) is 24.6 Å². The number of aromatic nitrogens is 4. The molecule has 32 heavy (non-hydrogen) atoms. The molecule has 4 rings (SSSR count). The van der Waals surface area contributed by atoms with Crippen LogP contribution in [0.15, 0.2) is 36.8 Å². The van der Waals surface area contributed by atoms with Crippen molar-refractivity contribution in [2.75, 3.05) is 19.7 Å². The number of rotatable bonds is 5. The Balaban J connectivity index is 1.50. The molecular weight excluding hydrogens is 406 g/mol. The van der Waals surface area contributed by atoms with Crippen LogP contribution < -0.4 is 4.74 Å². The largest absolute Gasteiger partial charge is 0.477 e. The molecule has 4 heterocycles. The quantitative estimate of drug-likeness (QED) is 0.583. The SMILES string of the molecule is CCn1cc(-c2cc3ncccc3c(OC[C@@H]3CCCN(C(=O)OC(C)(C)C)C3)n2)cn1. The van der Waals surface area contributed by atoms with E-state index in [2.05, 4.69) is 10.1 Å². The average molecular weight is 438 g/mol. The maximum atomic E-state index is 12.5. The fraction of sp³-hybridized carbons (Fsp3) is 0.500. The third-order valence-electron chi connectivity index (χ3n) is 5.44. The van der Waals surface area contributed by atoms with E-state index in [4.69, 9.17) is 14.5 Å². The summed E-state index contributed by atoms with van der Waals surface area (Å²) in [4.78, 5) is 23.5. The van der Waals surface area contributed by atoms with Gasteiger partial charge in [0.15, 0.2) is 0 Å². The molecule has 0 bridgehead atoms. The second-order valence-electron chi connectivity index (χ2n) is 9.21. The number of pyridine rings is 2. The molecule has 1 saturated heterocycles. The first-order valence-electron chi connectivity index (χ1n) is 11.2. The van der Waals surface area contributed by atoms with Gasteiger partial charge in [-0.2, -0.15) is 5.10 Å². The van der Waals surface area contributed by atoms with Crippen LogP contribution in [0.3, 0.4) is 0 Å². The average Bonchev–Trinajstić information content (AvgIpc) is 3.26. The Labute approximate surface area is 188 Å². The lowest BCUT2D eigenvalue weighted by molar-refractivity contribution is 0.0138. The molecule has 1 aliphatic heterocycles. The Morgan fingerprint density at radius 2 is 2.16 bits per heavy atom. The first-order valence-corrected chi connectivity index (χ1v) is 11.2. The van der Waals surface area contributed by atoms with Crippen LogP contribution in [0.4, 0.5) is 4.79 Å². The molecule has 0 N–H and O–H groups in total. The normalized spacial score (nSPS) is 16.9. The first kappa shape index (κ1) is 22.0. The van der Waals surface area contributed by atoms with Gasteiger partial charge in [-0.1, -0.05) is 0 Å². The van der Waals surface area contributed by atoms with Crippen LogP contribution in [0.25, 0.3) is 22.2 Å². The number of fused-ring (bicyclic) bond motifs is 1. The predicted molar refractivity (Wildman–Crippen MR) is 122 cm³/mol. The lowest BCUT2D eigenvalue weighted by Crippen LogP contribution is -2.44. The summed E-state index contributed by atoms with van der Waals surface area (Å²) in [5, 5.41) is 5.23. The molecule has 0 aliphatic carbocycles. The van der Waals surface area contributed by atoms with Crippen molar-refractivity contribution >= 4 is 17.0 Å². The number of amides is 1. The molecule has 1 amide bonds. The molecular formula is C24H31N5O3. The minimum absolute atomic E-state index is 0.219. The summed E-state index contributed by atoms with van der Waals surface area (Å²) in [5.74, 6) is 0.778. The number of hydrogen-bond donors (Lipinski definition) is 0. The van der Waals surface area contributed by atoms with Crippen LogP contribution in [-0.2, 0) is 11.3 Å². The summed E-state index contributed by atoms with van der Waals surface area (Å²) < 4.78 is 13.6. The second kappa shape index (κ2) is 9.14. The Bertz CT molecular complexity index is 1090. The smallest absolute Gasteiger partial charge is 0.410 e. The number of carbonyl (C=O) groups is 1. The summed E-state index contributed by atoms with van der Waals surface area (Å²) >= 11 is 0. The van der Waals surface area contributed by atoms with Gasteiger partial charge >= 0.3 is 6.09 Å². The number of hydrogen-bond acceptors (Lipinski definition) is 6. The summed E-state index contributed by atoms with van der Waals surface area (Å²) in [5.41, 5.74) is 2.04. The van der Waals surface area contributed by atoms with Crippen molar-refractivity contribution in [3.05, 3.63) is 36.8 Å². The molecule has 170 valence electrons. The summed E-state index contributed by atoms with van der Waals surface area (Å²) in [6.07, 6.45) is 7.22. The minimum atomic E-state index is -0.498. The van der Waals surface area contributed by atoms with Crippen molar-refractivity contribution < 1.29 is 14.3 Å². The molecule has 0 spiro atoms. The molecule has 3 aromatic heterocycles. The van der Waals surface area contributed by atoms with Crippen LogP contribution in [0, 0.1) is 5.92 Å². The highest BCUT2D eigenvalue weighted by molar-refractivity contribution is 5.86. The van der Waals surface area contributed by atoms with Crippen LogP contribution in [-0.4, -0.2) is 56.0 Å². The highest BCUT2D eigenvalue weighted by Crippen LogP contribution is 2.29. The van der Waals surface area contributed by atoms with Crippen molar-refractivity contribution in [1.29, 1.82) is 0 Å². The van der Waals surface area contributed by atoms with Crippen molar-refractivity contribution in [2.24, 2.45) is 5.92 Å². The zero-order chi connectivity index (χ0) is 22.7. The van der Waals surface area contributed by atoms with E-state index in [9.17, 15) is 4.79 Å². The number of ether oxygens (including phenoxy) is 2. The van der Waals surface area contributed by atoms with E-state index >= 15 is 0 Å². The number of piperidine rings is 1. The highest BCUT2D eigenvalue weighted by Gasteiger charge is 2.28. The molecule has 0 unspecified atom stereocenters. The predicted octanol–water partition coefficient (Wildman–Crippen LogP) is 4.54. The van der Waals surface area contributed by atoms with Gasteiger partial charge in [-0.25, -0.2) is 9.78 Å². The molecule has 1 fully saturated rings. The number of aryl methyl sites for hydroxylation is 1. The molecule has 8 heteroatoms. The van der Waals surface area contributed by atoms with Gasteiger partial charge < -0.3 is 14.4 Å². The highest BCUT2D eigenvalue weighted by atomic mass is 16.6. The molecule has 0 saturated carbocycles. The van der Waals surface area contributed by atoms with Crippen LogP contribution in [0.2, 0.25) is 0 Å². The van der Waals surface area contributed by atoms with Gasteiger partial charge in [0.2, 0.25) is 5.88 Å². The van der Waals surface area contributed by atoms with Crippen LogP contribution in [0.5, 0.6) is 5.88 Å². The zero-order valence-corrected chi connectivity index (χ0v) is 19.2. The van der Waals surface area contributed by atoms with E-state index in [1.165, 1.54) is 0 Å². The van der Waals surface area contributed by atoms with Crippen LogP contribution >= 0.6 is 0 Å². The lowest BCUT2D eigenvalue weighted by Gasteiger charge is -2.34. The fourth-order valence-corrected chi connectivity index (χ4v) is 3.86. The molecule has 0 radical (unpaired) electrons. The molecule has 1 atom stereocenters. The van der Waals surface area contributed by atoms with Crippen LogP contribution in [0.1, 0.15) is 40.5 Å². The second-order valence-corrected chi connectivity index (χ2v) is 9.21. The number of likely N-dealkylation sites (tertiary alicyclic amines) is 1. The van der Waals surface area contributed by atoms with Gasteiger partial charge in [-0.15, -0.1) is 0 Å². The van der Waals surface area contributed by atoms with E-state index in [1.807, 2.05) is 63.0 Å². The van der Waals surface area contributed by atoms with Crippen molar-refractivity contribution in [3.8, 4) is 17.1 Å². The van der Waals surface area contributed by atoms with E-state index < -0.39 is 5.60 Å². The molecule has 1 aliphatic rings. The lowest BCUT2D eigenvalue weighted by atomic mass is 9.99. The van der Waals surface area contributed by atoms with Crippen molar-refractivity contribution in [2.45, 2.75) is 52.7 Å². The number of nitrogens with zero attached hydrogens (tertiary/aromatic N) is 5. The Morgan fingerprint density at radius 1 is 1.31 bits per heavy atom. The zero-order valence-electron chi connectivity index (χ0n) is 19.2. The first-order chi connectivity index (χ1) is 15.3. The third kappa shape index (κ3) is 5.18. The van der Waals surface area contributed by atoms with Gasteiger partial charge in [0.05, 0.1) is 29.4 Å². The Morgan fingerprint density at radius 3 is 2.91 bits per heavy atom. The van der Waals surface area contributed by atoms with Gasteiger partial charge in [0, 0.05) is 43.5 Å². The third-order valence-corrected chi connectivity index (χ3v) is 5.44. The van der Waals surface area contributed by atoms with Gasteiger partial charge in [0.25, 0.3) is 0 Å². The molecule has 0 aromatic carbocycles. The Kier molecular flexibility index (Phi) is 6.30. The standard InChI is InChI=1S/C24H31N5O3/c1-5-29-15-18(13-26-29)20-12-21-19(9-6-10-25-21)22(27-20)31-16-17-8-7-11-28(14-17)23(30)32-24(2,3)4/h6,9-10,12-13,15,17H,5,7-8,11,14,16H2,1-4H3/t17-/m1/s1. The van der Waals surface area contributed by atoms with Gasteiger partial charge in [0.1, 0.15) is 5.60 Å². The van der Waals surface area contributed by atoms with E-state index in [-0.39, 0.29) is 12.0 Å². The van der Waals surface area contributed by atoms with E-state index in [1.54, 1.807) is 11.1 Å². The summed E-state index contributed by atoms with van der Waals surface area (Å²) in [7, 11) is 0. The minimum Gasteiger partial charge on any atom is -0.477 e. The molecule has 8 nitrogen and oxygen atoms in total. The summed E-state index contributed by atoms with van der Waals surface area (Å²) in [6.45, 7) is 10.3. The number of carbonyl (C=O) groups excluding carboxylic acids is 1. The van der Waals surface area contributed by atoms with Crippen molar-refractivity contribution in [3.63, 3.8) is 0 Å². The molecule has 3 aromatic rings. The van der Waals surface area contributed by atoms with Gasteiger partial charge in [-0.3, -0.25) is 9.67 Å². The maximum Gasteiger partial charge on any atom is 0.410 e. The van der Waals surface area contributed by atoms with E-state index in [0.717, 1.165) is 41.5 Å². The fourth-order valence-electron chi connectivity index (χ4n) is 3.86. The van der Waals surface area contributed by atoms with E-state index in [0.29, 0.717) is 25.6 Å². The topological polar surface area (TPSA) is 82.4 Å². The van der Waals surface area contributed by atoms with Gasteiger partial charge in [-0.05, 0) is 58.7 Å². The summed E-state index contributed by atoms with van der Waals surface area (Å²) in [6, 6.07) is 5.82. The maximum absolute atomic E-state index is 12.5. The monoisotopic (exact) mass is 437 g/mol. The Hall–Kier alpha value is -3.16.